The molecule has 1 saturated carbocycles. The summed E-state index contributed by atoms with van der Waals surface area (Å²) in [5.74, 6) is -1.82. The van der Waals surface area contributed by atoms with Crippen LogP contribution in [-0.2, 0) is 11.0 Å². The Hall–Kier alpha value is -2.16. The minimum Gasteiger partial charge on any atom is -0.503 e. The van der Waals surface area contributed by atoms with Crippen molar-refractivity contribution in [3.05, 3.63) is 17.2 Å². The molecule has 9 heteroatoms. The van der Waals surface area contributed by atoms with Crippen LogP contribution < -0.4 is 10.2 Å². The van der Waals surface area contributed by atoms with Gasteiger partial charge in [0.05, 0.1) is 25.3 Å². The highest BCUT2D eigenvalue weighted by atomic mass is 19.4. The fourth-order valence-electron chi connectivity index (χ4n) is 2.67. The highest BCUT2D eigenvalue weighted by molar-refractivity contribution is 6.03. The number of amides is 1. The number of methoxy groups -OCH3 is 1. The summed E-state index contributed by atoms with van der Waals surface area (Å²) in [4.78, 5) is 19.0. The first kappa shape index (κ1) is 19.2. The fourth-order valence-corrected chi connectivity index (χ4v) is 2.67. The molecule has 2 rings (SSSR count). The number of alkyl halides is 3. The highest BCUT2D eigenvalue weighted by Gasteiger charge is 2.42. The minimum absolute atomic E-state index is 0.0758. The molecule has 1 amide bonds. The van der Waals surface area contributed by atoms with Gasteiger partial charge in [0, 0.05) is 12.6 Å². The Morgan fingerprint density at radius 3 is 2.48 bits per heavy atom. The van der Waals surface area contributed by atoms with Crippen LogP contribution in [0.1, 0.15) is 42.1 Å². The normalized spacial score (nSPS) is 14.3. The molecule has 25 heavy (non-hydrogen) atoms. The summed E-state index contributed by atoms with van der Waals surface area (Å²) in [6.07, 6.45) is -2.69. The average Bonchev–Trinajstić information content (AvgIpc) is 3.37. The number of ether oxygens (including phenoxy) is 1. The maximum Gasteiger partial charge on any atom is 0.417 e. The smallest absolute Gasteiger partial charge is 0.417 e. The van der Waals surface area contributed by atoms with E-state index in [0.717, 1.165) is 20.0 Å². The van der Waals surface area contributed by atoms with Crippen LogP contribution in [0.3, 0.4) is 0 Å². The van der Waals surface area contributed by atoms with Crippen molar-refractivity contribution in [1.29, 1.82) is 0 Å². The molecule has 0 aromatic heterocycles. The topological polar surface area (TPSA) is 71.0 Å². The summed E-state index contributed by atoms with van der Waals surface area (Å²) in [5, 5.41) is 10.2. The van der Waals surface area contributed by atoms with Crippen LogP contribution in [0, 0.1) is 0 Å². The molecule has 0 heterocycles. The molecule has 1 aliphatic rings. The number of carbonyl (C=O) groups excluding carboxylic acids is 1. The van der Waals surface area contributed by atoms with Crippen molar-refractivity contribution in [3.63, 3.8) is 0 Å². The van der Waals surface area contributed by atoms with E-state index < -0.39 is 40.4 Å². The molecule has 1 fully saturated rings. The maximum atomic E-state index is 13.6. The van der Waals surface area contributed by atoms with E-state index in [1.807, 2.05) is 6.92 Å². The maximum absolute atomic E-state index is 13.6. The van der Waals surface area contributed by atoms with Crippen molar-refractivity contribution in [2.75, 3.05) is 26.2 Å². The number of nitrogens with zero attached hydrogens (tertiary/aromatic N) is 1. The second kappa shape index (κ2) is 7.38. The van der Waals surface area contributed by atoms with E-state index >= 15 is 0 Å². The van der Waals surface area contributed by atoms with Crippen molar-refractivity contribution in [2.45, 2.75) is 38.4 Å². The average molecular weight is 362 g/mol. The number of phenols is 1. The van der Waals surface area contributed by atoms with E-state index in [9.17, 15) is 23.1 Å². The number of carbonyl (C=O) groups is 1. The van der Waals surface area contributed by atoms with Gasteiger partial charge in [-0.3, -0.25) is 15.1 Å². The molecule has 2 N–H and O–H groups in total. The van der Waals surface area contributed by atoms with Crippen molar-refractivity contribution in [1.82, 2.24) is 4.90 Å². The van der Waals surface area contributed by atoms with E-state index in [4.69, 9.17) is 4.74 Å². The Kier molecular flexibility index (Phi) is 5.66. The van der Waals surface area contributed by atoms with Crippen LogP contribution >= 0.6 is 0 Å². The lowest BCUT2D eigenvalue weighted by Gasteiger charge is -2.26. The standard InChI is InChI=1S/C16H21F3N2O4/c1-4-7-21(9-5-6-9)15(23)12-10(16(17,18)19)8-11(24-2)14(22)13(12)20-25-3/h8-9,20,22H,4-7H2,1-3H3. The second-order valence-electron chi connectivity index (χ2n) is 5.76. The Balaban J connectivity index is 2.67. The Bertz CT molecular complexity index is 645. The summed E-state index contributed by atoms with van der Waals surface area (Å²) < 4.78 is 45.5. The van der Waals surface area contributed by atoms with Gasteiger partial charge in [0.15, 0.2) is 11.5 Å². The molecule has 0 spiro atoms. The van der Waals surface area contributed by atoms with Crippen LogP contribution in [0.4, 0.5) is 18.9 Å². The van der Waals surface area contributed by atoms with Crippen molar-refractivity contribution >= 4 is 11.6 Å². The van der Waals surface area contributed by atoms with Crippen LogP contribution in [0.15, 0.2) is 6.07 Å². The summed E-state index contributed by atoms with van der Waals surface area (Å²) >= 11 is 0. The van der Waals surface area contributed by atoms with Gasteiger partial charge in [-0.15, -0.1) is 0 Å². The monoisotopic (exact) mass is 362 g/mol. The van der Waals surface area contributed by atoms with Crippen LogP contribution in [0.5, 0.6) is 11.5 Å². The summed E-state index contributed by atoms with van der Waals surface area (Å²) in [7, 11) is 2.30. The summed E-state index contributed by atoms with van der Waals surface area (Å²) in [6.45, 7) is 2.17. The zero-order valence-corrected chi connectivity index (χ0v) is 14.2. The molecule has 0 unspecified atom stereocenters. The predicted molar refractivity (Wildman–Crippen MR) is 84.6 cm³/mol. The lowest BCUT2D eigenvalue weighted by atomic mass is 10.0. The molecule has 1 aromatic carbocycles. The van der Waals surface area contributed by atoms with E-state index in [2.05, 4.69) is 10.3 Å². The van der Waals surface area contributed by atoms with E-state index in [0.29, 0.717) is 19.0 Å². The molecule has 0 atom stereocenters. The molecule has 140 valence electrons. The number of benzene rings is 1. The highest BCUT2D eigenvalue weighted by Crippen LogP contribution is 2.46. The Morgan fingerprint density at radius 1 is 1.40 bits per heavy atom. The molecule has 0 radical (unpaired) electrons. The second-order valence-corrected chi connectivity index (χ2v) is 5.76. The first-order valence-corrected chi connectivity index (χ1v) is 7.87. The number of hydrogen-bond donors (Lipinski definition) is 2. The van der Waals surface area contributed by atoms with Gasteiger partial charge in [-0.25, -0.2) is 0 Å². The molecular weight excluding hydrogens is 341 g/mol. The van der Waals surface area contributed by atoms with E-state index in [1.54, 1.807) is 0 Å². The summed E-state index contributed by atoms with van der Waals surface area (Å²) in [6, 6.07) is 0.550. The van der Waals surface area contributed by atoms with Crippen molar-refractivity contribution < 1.29 is 32.6 Å². The summed E-state index contributed by atoms with van der Waals surface area (Å²) in [5.41, 5.74) is -0.126. The molecule has 0 saturated heterocycles. The van der Waals surface area contributed by atoms with Gasteiger partial charge in [0.25, 0.3) is 5.91 Å². The zero-order valence-electron chi connectivity index (χ0n) is 14.2. The minimum atomic E-state index is -4.81. The molecule has 1 aliphatic carbocycles. The number of rotatable bonds is 7. The Labute approximate surface area is 143 Å². The van der Waals surface area contributed by atoms with Crippen molar-refractivity contribution in [2.24, 2.45) is 0 Å². The van der Waals surface area contributed by atoms with Gasteiger partial charge in [-0.05, 0) is 25.3 Å². The van der Waals surface area contributed by atoms with Gasteiger partial charge in [-0.1, -0.05) is 6.92 Å². The zero-order chi connectivity index (χ0) is 18.8. The van der Waals surface area contributed by atoms with E-state index in [1.165, 1.54) is 12.0 Å². The number of halogens is 3. The van der Waals surface area contributed by atoms with Gasteiger partial charge < -0.3 is 14.7 Å². The Morgan fingerprint density at radius 2 is 2.04 bits per heavy atom. The molecule has 6 nitrogen and oxygen atoms in total. The third-order valence-electron chi connectivity index (χ3n) is 3.92. The number of hydrogen-bond acceptors (Lipinski definition) is 5. The third-order valence-corrected chi connectivity index (χ3v) is 3.92. The van der Waals surface area contributed by atoms with Crippen LogP contribution in [0.25, 0.3) is 0 Å². The van der Waals surface area contributed by atoms with Crippen LogP contribution in [0.2, 0.25) is 0 Å². The number of phenolic OH excluding ortho intramolecular Hbond substituents is 1. The number of aromatic hydroxyl groups is 1. The van der Waals surface area contributed by atoms with Gasteiger partial charge >= 0.3 is 6.18 Å². The van der Waals surface area contributed by atoms with Gasteiger partial charge in [0.1, 0.15) is 5.69 Å². The number of nitrogens with one attached hydrogen (secondary N) is 1. The van der Waals surface area contributed by atoms with Crippen LogP contribution in [-0.4, -0.2) is 42.7 Å². The predicted octanol–water partition coefficient (Wildman–Crippen LogP) is 3.41. The first-order chi connectivity index (χ1) is 11.8. The lowest BCUT2D eigenvalue weighted by molar-refractivity contribution is -0.138. The SMILES string of the molecule is CCCN(C(=O)c1c(C(F)(F)F)cc(OC)c(O)c1NOC)C1CC1. The molecule has 0 aliphatic heterocycles. The van der Waals surface area contributed by atoms with Gasteiger partial charge in [-0.2, -0.15) is 13.2 Å². The van der Waals surface area contributed by atoms with Gasteiger partial charge in [0.2, 0.25) is 0 Å². The largest absolute Gasteiger partial charge is 0.503 e. The molecule has 0 bridgehead atoms. The fraction of sp³-hybridized carbons (Fsp3) is 0.562. The quantitative estimate of drug-likeness (QED) is 0.575. The molecular formula is C16H21F3N2O4. The molecule has 1 aromatic rings. The van der Waals surface area contributed by atoms with Crippen molar-refractivity contribution in [3.8, 4) is 11.5 Å². The lowest BCUT2D eigenvalue weighted by Crippen LogP contribution is -2.35. The first-order valence-electron chi connectivity index (χ1n) is 7.87. The third kappa shape index (κ3) is 3.92. The number of anilines is 1. The van der Waals surface area contributed by atoms with E-state index in [-0.39, 0.29) is 6.04 Å².